The molecule has 0 spiro atoms. The van der Waals surface area contributed by atoms with Gasteiger partial charge in [-0.25, -0.2) is 0 Å². The highest BCUT2D eigenvalue weighted by Gasteiger charge is 2.19. The van der Waals surface area contributed by atoms with Crippen molar-refractivity contribution in [1.29, 1.82) is 0 Å². The summed E-state index contributed by atoms with van der Waals surface area (Å²) in [6.45, 7) is 3.12. The number of rotatable bonds is 3. The van der Waals surface area contributed by atoms with Crippen molar-refractivity contribution in [3.05, 3.63) is 29.3 Å². The van der Waals surface area contributed by atoms with Crippen molar-refractivity contribution in [2.75, 3.05) is 26.7 Å². The average Bonchev–Trinajstić information content (AvgIpc) is 2.45. The lowest BCUT2D eigenvalue weighted by atomic mass is 9.90. The predicted molar refractivity (Wildman–Crippen MR) is 79.4 cm³/mol. The highest BCUT2D eigenvalue weighted by Crippen LogP contribution is 2.26. The standard InChI is InChI=1S/C17H23NO2/c1-18-9-3-4-13(11-18)12-20-15-7-8-16-14(10-15)5-2-6-17(16)19/h7-8,10,13H,2-6,9,11-12H2,1H3. The van der Waals surface area contributed by atoms with Crippen LogP contribution in [-0.4, -0.2) is 37.4 Å². The summed E-state index contributed by atoms with van der Waals surface area (Å²) in [5.74, 6) is 1.84. The van der Waals surface area contributed by atoms with Gasteiger partial charge >= 0.3 is 0 Å². The molecule has 0 saturated carbocycles. The van der Waals surface area contributed by atoms with Crippen LogP contribution in [0.4, 0.5) is 0 Å². The van der Waals surface area contributed by atoms with E-state index >= 15 is 0 Å². The Balaban J connectivity index is 1.62. The maximum absolute atomic E-state index is 11.8. The first-order chi connectivity index (χ1) is 9.72. The SMILES string of the molecule is CN1CCCC(COc2ccc3c(c2)CCCC3=O)C1. The first-order valence-electron chi connectivity index (χ1n) is 7.70. The minimum atomic E-state index is 0.284. The van der Waals surface area contributed by atoms with Gasteiger partial charge in [-0.05, 0) is 63.0 Å². The number of fused-ring (bicyclic) bond motifs is 1. The molecule has 0 amide bonds. The summed E-state index contributed by atoms with van der Waals surface area (Å²) in [6.07, 6.45) is 5.20. The minimum Gasteiger partial charge on any atom is -0.493 e. The number of ether oxygens (including phenoxy) is 1. The Morgan fingerprint density at radius 1 is 1.30 bits per heavy atom. The highest BCUT2D eigenvalue weighted by atomic mass is 16.5. The van der Waals surface area contributed by atoms with Crippen molar-refractivity contribution in [3.8, 4) is 5.75 Å². The largest absolute Gasteiger partial charge is 0.493 e. The molecule has 0 N–H and O–H groups in total. The number of hydrogen-bond donors (Lipinski definition) is 0. The molecule has 2 aliphatic rings. The van der Waals surface area contributed by atoms with Gasteiger partial charge in [0.1, 0.15) is 5.75 Å². The van der Waals surface area contributed by atoms with E-state index in [4.69, 9.17) is 4.74 Å². The molecule has 3 heteroatoms. The zero-order valence-corrected chi connectivity index (χ0v) is 12.2. The van der Waals surface area contributed by atoms with E-state index < -0.39 is 0 Å². The highest BCUT2D eigenvalue weighted by molar-refractivity contribution is 5.98. The number of ketones is 1. The van der Waals surface area contributed by atoms with Crippen molar-refractivity contribution in [3.63, 3.8) is 0 Å². The molecule has 3 nitrogen and oxygen atoms in total. The Kier molecular flexibility index (Phi) is 4.06. The molecule has 0 radical (unpaired) electrons. The number of aryl methyl sites for hydroxylation is 1. The van der Waals surface area contributed by atoms with Gasteiger partial charge in [0, 0.05) is 24.4 Å². The zero-order valence-electron chi connectivity index (χ0n) is 12.2. The first kappa shape index (κ1) is 13.6. The van der Waals surface area contributed by atoms with E-state index in [-0.39, 0.29) is 5.78 Å². The Morgan fingerprint density at radius 3 is 3.05 bits per heavy atom. The molecule has 1 aliphatic heterocycles. The monoisotopic (exact) mass is 273 g/mol. The summed E-state index contributed by atoms with van der Waals surface area (Å²) in [5.41, 5.74) is 2.07. The second kappa shape index (κ2) is 5.96. The molecular weight excluding hydrogens is 250 g/mol. The quantitative estimate of drug-likeness (QED) is 0.848. The summed E-state index contributed by atoms with van der Waals surface area (Å²) in [6, 6.07) is 5.96. The molecule has 1 fully saturated rings. The molecule has 0 aromatic heterocycles. The fourth-order valence-electron chi connectivity index (χ4n) is 3.34. The van der Waals surface area contributed by atoms with E-state index in [2.05, 4.69) is 18.0 Å². The Hall–Kier alpha value is -1.35. The molecule has 3 rings (SSSR count). The number of nitrogens with zero attached hydrogens (tertiary/aromatic N) is 1. The van der Waals surface area contributed by atoms with Crippen LogP contribution in [0, 0.1) is 5.92 Å². The van der Waals surface area contributed by atoms with Crippen molar-refractivity contribution >= 4 is 5.78 Å². The van der Waals surface area contributed by atoms with Crippen LogP contribution in [0.1, 0.15) is 41.6 Å². The van der Waals surface area contributed by atoms with E-state index in [9.17, 15) is 4.79 Å². The van der Waals surface area contributed by atoms with Gasteiger partial charge in [-0.2, -0.15) is 0 Å². The second-order valence-electron chi connectivity index (χ2n) is 6.18. The van der Waals surface area contributed by atoms with E-state index in [0.717, 1.165) is 37.3 Å². The maximum Gasteiger partial charge on any atom is 0.163 e. The van der Waals surface area contributed by atoms with Crippen LogP contribution < -0.4 is 4.74 Å². The lowest BCUT2D eigenvalue weighted by Gasteiger charge is -2.29. The third kappa shape index (κ3) is 3.04. The van der Waals surface area contributed by atoms with Gasteiger partial charge in [0.25, 0.3) is 0 Å². The van der Waals surface area contributed by atoms with E-state index in [1.807, 2.05) is 12.1 Å². The van der Waals surface area contributed by atoms with E-state index in [1.165, 1.54) is 24.9 Å². The van der Waals surface area contributed by atoms with Crippen molar-refractivity contribution in [2.24, 2.45) is 5.92 Å². The normalized spacial score (nSPS) is 23.4. The molecule has 1 unspecified atom stereocenters. The number of Topliss-reactive ketones (excluding diaryl/α,β-unsaturated/α-hetero) is 1. The van der Waals surface area contributed by atoms with Gasteiger partial charge in [0.15, 0.2) is 5.78 Å². The second-order valence-corrected chi connectivity index (χ2v) is 6.18. The molecule has 1 saturated heterocycles. The number of carbonyl (C=O) groups excluding carboxylic acids is 1. The molecule has 1 atom stereocenters. The van der Waals surface area contributed by atoms with Gasteiger partial charge in [-0.15, -0.1) is 0 Å². The molecule has 1 aromatic rings. The molecule has 108 valence electrons. The summed E-state index contributed by atoms with van der Waals surface area (Å²) in [7, 11) is 2.18. The van der Waals surface area contributed by atoms with Crippen LogP contribution in [0.2, 0.25) is 0 Å². The molecule has 20 heavy (non-hydrogen) atoms. The number of hydrogen-bond acceptors (Lipinski definition) is 3. The Morgan fingerprint density at radius 2 is 2.20 bits per heavy atom. The summed E-state index contributed by atoms with van der Waals surface area (Å²) >= 11 is 0. The van der Waals surface area contributed by atoms with Crippen molar-refractivity contribution in [1.82, 2.24) is 4.90 Å². The number of piperidine rings is 1. The van der Waals surface area contributed by atoms with Crippen LogP contribution in [0.25, 0.3) is 0 Å². The fraction of sp³-hybridized carbons (Fsp3) is 0.588. The molecule has 1 aliphatic carbocycles. The number of likely N-dealkylation sites (tertiary alicyclic amines) is 1. The van der Waals surface area contributed by atoms with Crippen LogP contribution in [0.15, 0.2) is 18.2 Å². The van der Waals surface area contributed by atoms with E-state index in [0.29, 0.717) is 12.3 Å². The first-order valence-corrected chi connectivity index (χ1v) is 7.70. The number of benzene rings is 1. The zero-order chi connectivity index (χ0) is 13.9. The molecule has 1 heterocycles. The molecular formula is C17H23NO2. The Labute approximate surface area is 120 Å². The minimum absolute atomic E-state index is 0.284. The van der Waals surface area contributed by atoms with Crippen molar-refractivity contribution in [2.45, 2.75) is 32.1 Å². The predicted octanol–water partition coefficient (Wildman–Crippen LogP) is 2.93. The van der Waals surface area contributed by atoms with Crippen LogP contribution in [0.5, 0.6) is 5.75 Å². The maximum atomic E-state index is 11.8. The van der Waals surface area contributed by atoms with Gasteiger partial charge in [0.2, 0.25) is 0 Å². The topological polar surface area (TPSA) is 29.5 Å². The summed E-state index contributed by atoms with van der Waals surface area (Å²) < 4.78 is 5.96. The van der Waals surface area contributed by atoms with Crippen LogP contribution in [-0.2, 0) is 6.42 Å². The number of carbonyl (C=O) groups is 1. The third-order valence-corrected chi connectivity index (χ3v) is 4.43. The Bertz CT molecular complexity index is 498. The average molecular weight is 273 g/mol. The van der Waals surface area contributed by atoms with Gasteiger partial charge in [-0.3, -0.25) is 4.79 Å². The van der Waals surface area contributed by atoms with Gasteiger partial charge < -0.3 is 9.64 Å². The summed E-state index contributed by atoms with van der Waals surface area (Å²) in [5, 5.41) is 0. The third-order valence-electron chi connectivity index (χ3n) is 4.43. The lowest BCUT2D eigenvalue weighted by Crippen LogP contribution is -2.34. The molecule has 0 bridgehead atoms. The van der Waals surface area contributed by atoms with Gasteiger partial charge in [-0.1, -0.05) is 0 Å². The summed E-state index contributed by atoms with van der Waals surface area (Å²) in [4.78, 5) is 14.2. The molecule has 1 aromatic carbocycles. The smallest absolute Gasteiger partial charge is 0.163 e. The van der Waals surface area contributed by atoms with Crippen molar-refractivity contribution < 1.29 is 9.53 Å². The van der Waals surface area contributed by atoms with Crippen LogP contribution >= 0.6 is 0 Å². The van der Waals surface area contributed by atoms with E-state index in [1.54, 1.807) is 0 Å². The van der Waals surface area contributed by atoms with Crippen LogP contribution in [0.3, 0.4) is 0 Å². The van der Waals surface area contributed by atoms with Gasteiger partial charge in [0.05, 0.1) is 6.61 Å². The lowest BCUT2D eigenvalue weighted by molar-refractivity contribution is 0.0972. The fourth-order valence-corrected chi connectivity index (χ4v) is 3.34.